The molecule has 0 heterocycles. The van der Waals surface area contributed by atoms with Crippen molar-refractivity contribution in [3.8, 4) is 17.2 Å². The number of hydrogen-bond acceptors (Lipinski definition) is 4. The first-order chi connectivity index (χ1) is 10.1. The Kier molecular flexibility index (Phi) is 3.14. The van der Waals surface area contributed by atoms with Gasteiger partial charge in [-0.1, -0.05) is 18.2 Å². The zero-order chi connectivity index (χ0) is 15.0. The molecule has 1 aliphatic rings. The number of rotatable bonds is 2. The fraction of sp³-hybridized carbons (Fsp3) is 0.118. The van der Waals surface area contributed by atoms with E-state index in [1.165, 1.54) is 19.2 Å². The summed E-state index contributed by atoms with van der Waals surface area (Å²) in [6, 6.07) is 9.98. The number of ether oxygens (including phenoxy) is 1. The van der Waals surface area contributed by atoms with Crippen LogP contribution in [0.5, 0.6) is 17.2 Å². The van der Waals surface area contributed by atoms with E-state index >= 15 is 0 Å². The molecular weight excluding hydrogens is 268 g/mol. The molecule has 0 aliphatic heterocycles. The van der Waals surface area contributed by atoms with Crippen molar-refractivity contribution in [3.05, 3.63) is 58.7 Å². The van der Waals surface area contributed by atoms with Crippen LogP contribution in [-0.4, -0.2) is 23.1 Å². The number of phenols is 2. The second-order valence-corrected chi connectivity index (χ2v) is 4.92. The van der Waals surface area contributed by atoms with Crippen molar-refractivity contribution in [2.75, 3.05) is 7.11 Å². The summed E-state index contributed by atoms with van der Waals surface area (Å²) in [7, 11) is 1.47. The van der Waals surface area contributed by atoms with E-state index in [0.29, 0.717) is 23.3 Å². The molecule has 3 rings (SSSR count). The van der Waals surface area contributed by atoms with Crippen molar-refractivity contribution in [3.63, 3.8) is 0 Å². The fourth-order valence-corrected chi connectivity index (χ4v) is 2.54. The summed E-state index contributed by atoms with van der Waals surface area (Å²) in [6.45, 7) is 0. The topological polar surface area (TPSA) is 66.8 Å². The first-order valence-corrected chi connectivity index (χ1v) is 6.53. The normalized spacial score (nSPS) is 15.3. The van der Waals surface area contributed by atoms with Crippen LogP contribution in [0.2, 0.25) is 0 Å². The quantitative estimate of drug-likeness (QED) is 0.831. The number of methoxy groups -OCH3 is 1. The highest BCUT2D eigenvalue weighted by Crippen LogP contribution is 2.34. The van der Waals surface area contributed by atoms with Gasteiger partial charge in [-0.05, 0) is 35.4 Å². The molecule has 21 heavy (non-hydrogen) atoms. The van der Waals surface area contributed by atoms with E-state index < -0.39 is 0 Å². The third kappa shape index (κ3) is 2.25. The Morgan fingerprint density at radius 3 is 2.67 bits per heavy atom. The number of fused-ring (bicyclic) bond motifs is 1. The maximum Gasteiger partial charge on any atom is 0.193 e. The van der Waals surface area contributed by atoms with Gasteiger partial charge in [0.15, 0.2) is 17.3 Å². The maximum absolute atomic E-state index is 12.3. The molecule has 0 radical (unpaired) electrons. The molecule has 106 valence electrons. The van der Waals surface area contributed by atoms with Crippen LogP contribution in [-0.2, 0) is 6.42 Å². The lowest BCUT2D eigenvalue weighted by atomic mass is 10.1. The number of carbonyl (C=O) groups excluding carboxylic acids is 1. The van der Waals surface area contributed by atoms with E-state index in [1.54, 1.807) is 24.3 Å². The van der Waals surface area contributed by atoms with Crippen LogP contribution in [0.4, 0.5) is 0 Å². The predicted octanol–water partition coefficient (Wildman–Crippen LogP) is 2.93. The van der Waals surface area contributed by atoms with Gasteiger partial charge in [-0.3, -0.25) is 4.79 Å². The number of benzene rings is 2. The Hall–Kier alpha value is -2.75. The molecule has 0 aromatic heterocycles. The van der Waals surface area contributed by atoms with Gasteiger partial charge < -0.3 is 14.9 Å². The molecule has 0 saturated carbocycles. The summed E-state index contributed by atoms with van der Waals surface area (Å²) in [6.07, 6.45) is 2.25. The monoisotopic (exact) mass is 282 g/mol. The minimum Gasteiger partial charge on any atom is -0.507 e. The Bertz CT molecular complexity index is 759. The number of carbonyl (C=O) groups is 1. The third-order valence-corrected chi connectivity index (χ3v) is 3.57. The zero-order valence-electron chi connectivity index (χ0n) is 11.5. The van der Waals surface area contributed by atoms with Crippen molar-refractivity contribution < 1.29 is 19.7 Å². The molecule has 2 aromatic rings. The Balaban J connectivity index is 2.00. The number of hydrogen-bond donors (Lipinski definition) is 2. The van der Waals surface area contributed by atoms with Crippen LogP contribution < -0.4 is 4.74 Å². The molecule has 0 saturated heterocycles. The second kappa shape index (κ2) is 4.98. The molecule has 0 atom stereocenters. The number of ketones is 1. The summed E-state index contributed by atoms with van der Waals surface area (Å²) < 4.78 is 5.05. The van der Waals surface area contributed by atoms with Gasteiger partial charge in [0.1, 0.15) is 5.75 Å². The average molecular weight is 282 g/mol. The summed E-state index contributed by atoms with van der Waals surface area (Å²) in [5.74, 6) is 0.271. The SMILES string of the molecule is COc1cc(C=C2Cc3cccc(O)c3C2=O)ccc1O. The van der Waals surface area contributed by atoms with E-state index in [2.05, 4.69) is 0 Å². The van der Waals surface area contributed by atoms with Crippen LogP contribution in [0.25, 0.3) is 6.08 Å². The lowest BCUT2D eigenvalue weighted by molar-refractivity contribution is 0.103. The summed E-state index contributed by atoms with van der Waals surface area (Å²) >= 11 is 0. The molecule has 0 spiro atoms. The van der Waals surface area contributed by atoms with Gasteiger partial charge in [-0.15, -0.1) is 0 Å². The van der Waals surface area contributed by atoms with E-state index in [-0.39, 0.29) is 17.3 Å². The van der Waals surface area contributed by atoms with Gasteiger partial charge in [0, 0.05) is 12.0 Å². The van der Waals surface area contributed by atoms with Crippen molar-refractivity contribution in [2.24, 2.45) is 0 Å². The Morgan fingerprint density at radius 2 is 1.95 bits per heavy atom. The van der Waals surface area contributed by atoms with Crippen molar-refractivity contribution in [2.45, 2.75) is 6.42 Å². The number of Topliss-reactive ketones (excluding diaryl/α,β-unsaturated/α-hetero) is 1. The summed E-state index contributed by atoms with van der Waals surface area (Å²) in [5.41, 5.74) is 2.59. The van der Waals surface area contributed by atoms with Gasteiger partial charge in [0.05, 0.1) is 12.7 Å². The predicted molar refractivity (Wildman–Crippen MR) is 78.8 cm³/mol. The molecule has 4 nitrogen and oxygen atoms in total. The lowest BCUT2D eigenvalue weighted by Gasteiger charge is -2.04. The van der Waals surface area contributed by atoms with Gasteiger partial charge in [-0.25, -0.2) is 0 Å². The minimum absolute atomic E-state index is 0.0178. The van der Waals surface area contributed by atoms with Crippen LogP contribution in [0.3, 0.4) is 0 Å². The van der Waals surface area contributed by atoms with Gasteiger partial charge >= 0.3 is 0 Å². The zero-order valence-corrected chi connectivity index (χ0v) is 11.5. The highest BCUT2D eigenvalue weighted by atomic mass is 16.5. The number of allylic oxidation sites excluding steroid dienone is 1. The second-order valence-electron chi connectivity index (χ2n) is 4.92. The summed E-state index contributed by atoms with van der Waals surface area (Å²) in [4.78, 5) is 12.3. The first kappa shape index (κ1) is 13.2. The van der Waals surface area contributed by atoms with E-state index in [4.69, 9.17) is 4.74 Å². The third-order valence-electron chi connectivity index (χ3n) is 3.57. The lowest BCUT2D eigenvalue weighted by Crippen LogP contribution is -1.96. The molecule has 1 aliphatic carbocycles. The highest BCUT2D eigenvalue weighted by Gasteiger charge is 2.27. The Labute approximate surface area is 121 Å². The molecular formula is C17H14O4. The van der Waals surface area contributed by atoms with E-state index in [9.17, 15) is 15.0 Å². The van der Waals surface area contributed by atoms with Crippen LogP contribution in [0.15, 0.2) is 42.0 Å². The molecule has 0 amide bonds. The largest absolute Gasteiger partial charge is 0.507 e. The van der Waals surface area contributed by atoms with Gasteiger partial charge in [-0.2, -0.15) is 0 Å². The fourth-order valence-electron chi connectivity index (χ4n) is 2.54. The van der Waals surface area contributed by atoms with Gasteiger partial charge in [0.2, 0.25) is 0 Å². The van der Waals surface area contributed by atoms with Crippen LogP contribution in [0.1, 0.15) is 21.5 Å². The van der Waals surface area contributed by atoms with E-state index in [1.807, 2.05) is 6.07 Å². The van der Waals surface area contributed by atoms with Crippen LogP contribution in [0, 0.1) is 0 Å². The average Bonchev–Trinajstić information content (AvgIpc) is 2.79. The minimum atomic E-state index is -0.157. The van der Waals surface area contributed by atoms with Crippen molar-refractivity contribution in [1.82, 2.24) is 0 Å². The maximum atomic E-state index is 12.3. The van der Waals surface area contributed by atoms with Crippen molar-refractivity contribution in [1.29, 1.82) is 0 Å². The molecule has 2 N–H and O–H groups in total. The summed E-state index contributed by atoms with van der Waals surface area (Å²) in [5, 5.41) is 19.4. The molecule has 0 bridgehead atoms. The molecule has 0 unspecified atom stereocenters. The molecule has 2 aromatic carbocycles. The smallest absolute Gasteiger partial charge is 0.193 e. The molecule has 4 heteroatoms. The van der Waals surface area contributed by atoms with Crippen LogP contribution >= 0.6 is 0 Å². The number of aromatic hydroxyl groups is 2. The van der Waals surface area contributed by atoms with Crippen molar-refractivity contribution >= 4 is 11.9 Å². The van der Waals surface area contributed by atoms with E-state index in [0.717, 1.165) is 11.1 Å². The Morgan fingerprint density at radius 1 is 1.14 bits per heavy atom. The standard InChI is InChI=1S/C17H14O4/c1-21-15-8-10(5-6-13(15)18)7-12-9-11-3-2-4-14(19)16(11)17(12)20/h2-8,18-19H,9H2,1H3. The number of phenolic OH excluding ortho intramolecular Hbond substituents is 2. The highest BCUT2D eigenvalue weighted by molar-refractivity contribution is 6.17. The van der Waals surface area contributed by atoms with Gasteiger partial charge in [0.25, 0.3) is 0 Å². The first-order valence-electron chi connectivity index (χ1n) is 6.53. The molecule has 0 fully saturated rings.